The van der Waals surface area contributed by atoms with Crippen LogP contribution in [0.15, 0.2) is 59.1 Å². The first-order valence-corrected chi connectivity index (χ1v) is 11.1. The SMILES string of the molecule is O=C(CCc1nc(-c2ccccc2)no1)N1CCC(c2nc3ccccc3s2)CC1. The summed E-state index contributed by atoms with van der Waals surface area (Å²) in [5.41, 5.74) is 1.99. The van der Waals surface area contributed by atoms with Crippen molar-refractivity contribution < 1.29 is 9.32 Å². The van der Waals surface area contributed by atoms with Gasteiger partial charge in [0.05, 0.1) is 15.2 Å². The van der Waals surface area contributed by atoms with Crippen LogP contribution in [-0.4, -0.2) is 39.0 Å². The van der Waals surface area contributed by atoms with E-state index in [2.05, 4.69) is 28.3 Å². The lowest BCUT2D eigenvalue weighted by molar-refractivity contribution is -0.132. The summed E-state index contributed by atoms with van der Waals surface area (Å²) in [6.45, 7) is 1.55. The van der Waals surface area contributed by atoms with Crippen molar-refractivity contribution in [1.29, 1.82) is 0 Å². The molecule has 1 aliphatic heterocycles. The van der Waals surface area contributed by atoms with Crippen molar-refractivity contribution in [3.8, 4) is 11.4 Å². The van der Waals surface area contributed by atoms with Crippen molar-refractivity contribution in [2.45, 2.75) is 31.6 Å². The second-order valence-corrected chi connectivity index (χ2v) is 8.61. The molecule has 1 aliphatic rings. The largest absolute Gasteiger partial charge is 0.343 e. The average Bonchev–Trinajstić information content (AvgIpc) is 3.45. The van der Waals surface area contributed by atoms with E-state index in [1.807, 2.05) is 41.3 Å². The van der Waals surface area contributed by atoms with Gasteiger partial charge in [0.1, 0.15) is 0 Å². The number of aromatic nitrogens is 3. The summed E-state index contributed by atoms with van der Waals surface area (Å²) in [4.78, 5) is 23.8. The molecule has 6 nitrogen and oxygen atoms in total. The first kappa shape index (κ1) is 18.9. The number of amides is 1. The molecule has 0 spiro atoms. The minimum atomic E-state index is 0.150. The topological polar surface area (TPSA) is 72.1 Å². The number of thiazole rings is 1. The Morgan fingerprint density at radius 2 is 1.80 bits per heavy atom. The fourth-order valence-corrected chi connectivity index (χ4v) is 5.01. The van der Waals surface area contributed by atoms with E-state index in [9.17, 15) is 4.79 Å². The van der Waals surface area contributed by atoms with Gasteiger partial charge in [-0.05, 0) is 25.0 Å². The van der Waals surface area contributed by atoms with Crippen molar-refractivity contribution in [3.63, 3.8) is 0 Å². The molecule has 4 aromatic rings. The Balaban J connectivity index is 1.14. The van der Waals surface area contributed by atoms with E-state index in [4.69, 9.17) is 9.51 Å². The third-order valence-electron chi connectivity index (χ3n) is 5.56. The van der Waals surface area contributed by atoms with Crippen LogP contribution in [-0.2, 0) is 11.2 Å². The number of hydrogen-bond acceptors (Lipinski definition) is 6. The molecule has 2 aromatic carbocycles. The Labute approximate surface area is 178 Å². The maximum Gasteiger partial charge on any atom is 0.227 e. The van der Waals surface area contributed by atoms with Crippen molar-refractivity contribution in [2.75, 3.05) is 13.1 Å². The van der Waals surface area contributed by atoms with E-state index in [-0.39, 0.29) is 5.91 Å². The van der Waals surface area contributed by atoms with E-state index >= 15 is 0 Å². The number of likely N-dealkylation sites (tertiary alicyclic amines) is 1. The maximum absolute atomic E-state index is 12.7. The average molecular weight is 419 g/mol. The minimum Gasteiger partial charge on any atom is -0.343 e. The highest BCUT2D eigenvalue weighted by molar-refractivity contribution is 7.18. The zero-order valence-corrected chi connectivity index (χ0v) is 17.3. The molecule has 152 valence electrons. The molecule has 30 heavy (non-hydrogen) atoms. The molecule has 5 rings (SSSR count). The van der Waals surface area contributed by atoms with Crippen LogP contribution in [0.25, 0.3) is 21.6 Å². The summed E-state index contributed by atoms with van der Waals surface area (Å²) in [7, 11) is 0. The molecule has 2 aromatic heterocycles. The number of aryl methyl sites for hydroxylation is 1. The highest BCUT2D eigenvalue weighted by atomic mass is 32.1. The normalized spacial score (nSPS) is 15.0. The van der Waals surface area contributed by atoms with Gasteiger partial charge in [-0.25, -0.2) is 4.98 Å². The number of carbonyl (C=O) groups is 1. The van der Waals surface area contributed by atoms with Crippen molar-refractivity contribution in [1.82, 2.24) is 20.0 Å². The van der Waals surface area contributed by atoms with Crippen molar-refractivity contribution >= 4 is 27.5 Å². The lowest BCUT2D eigenvalue weighted by atomic mass is 9.97. The van der Waals surface area contributed by atoms with Gasteiger partial charge < -0.3 is 9.42 Å². The number of hydrogen-bond donors (Lipinski definition) is 0. The van der Waals surface area contributed by atoms with E-state index < -0.39 is 0 Å². The number of nitrogens with zero attached hydrogens (tertiary/aromatic N) is 4. The molecule has 3 heterocycles. The molecule has 0 unspecified atom stereocenters. The quantitative estimate of drug-likeness (QED) is 0.470. The Morgan fingerprint density at radius 3 is 2.60 bits per heavy atom. The van der Waals surface area contributed by atoms with Gasteiger partial charge in [0, 0.05) is 37.4 Å². The number of piperidine rings is 1. The number of benzene rings is 2. The highest BCUT2D eigenvalue weighted by Crippen LogP contribution is 2.33. The fraction of sp³-hybridized carbons (Fsp3) is 0.304. The number of fused-ring (bicyclic) bond motifs is 1. The van der Waals surface area contributed by atoms with Gasteiger partial charge in [-0.15, -0.1) is 11.3 Å². The third kappa shape index (κ3) is 3.98. The second-order valence-electron chi connectivity index (χ2n) is 7.55. The van der Waals surface area contributed by atoms with Crippen LogP contribution in [0.5, 0.6) is 0 Å². The first-order chi connectivity index (χ1) is 14.8. The molecule has 0 atom stereocenters. The maximum atomic E-state index is 12.7. The van der Waals surface area contributed by atoms with Gasteiger partial charge in [-0.1, -0.05) is 47.6 Å². The molecule has 1 fully saturated rings. The van der Waals surface area contributed by atoms with E-state index in [0.29, 0.717) is 30.5 Å². The van der Waals surface area contributed by atoms with Gasteiger partial charge in [0.2, 0.25) is 17.6 Å². The monoisotopic (exact) mass is 418 g/mol. The predicted molar refractivity (Wildman–Crippen MR) is 116 cm³/mol. The number of rotatable bonds is 5. The summed E-state index contributed by atoms with van der Waals surface area (Å²) < 4.78 is 6.56. The Hall–Kier alpha value is -3.06. The summed E-state index contributed by atoms with van der Waals surface area (Å²) >= 11 is 1.78. The summed E-state index contributed by atoms with van der Waals surface area (Å²) in [6.07, 6.45) is 2.78. The van der Waals surface area contributed by atoms with Crippen LogP contribution in [0.1, 0.15) is 36.1 Å². The summed E-state index contributed by atoms with van der Waals surface area (Å²) in [5, 5.41) is 5.22. The number of para-hydroxylation sites is 1. The van der Waals surface area contributed by atoms with Gasteiger partial charge in [-0.3, -0.25) is 4.79 Å². The Kier molecular flexibility index (Phi) is 5.27. The van der Waals surface area contributed by atoms with Crippen LogP contribution in [0, 0.1) is 0 Å². The van der Waals surface area contributed by atoms with Crippen LogP contribution < -0.4 is 0 Å². The van der Waals surface area contributed by atoms with Crippen LogP contribution in [0.2, 0.25) is 0 Å². The van der Waals surface area contributed by atoms with Crippen molar-refractivity contribution in [2.24, 2.45) is 0 Å². The van der Waals surface area contributed by atoms with E-state index in [0.717, 1.165) is 37.0 Å². The van der Waals surface area contributed by atoms with Crippen LogP contribution in [0.3, 0.4) is 0 Å². The predicted octanol–water partition coefficient (Wildman–Crippen LogP) is 4.69. The molecular formula is C23H22N4O2S. The minimum absolute atomic E-state index is 0.150. The molecule has 0 saturated carbocycles. The van der Waals surface area contributed by atoms with Crippen molar-refractivity contribution in [3.05, 3.63) is 65.5 Å². The summed E-state index contributed by atoms with van der Waals surface area (Å²) in [6, 6.07) is 18.0. The molecular weight excluding hydrogens is 396 g/mol. The molecule has 0 aliphatic carbocycles. The van der Waals surface area contributed by atoms with Gasteiger partial charge in [0.25, 0.3) is 0 Å². The fourth-order valence-electron chi connectivity index (χ4n) is 3.87. The summed E-state index contributed by atoms with van der Waals surface area (Å²) in [5.74, 6) is 1.66. The van der Waals surface area contributed by atoms with Crippen LogP contribution >= 0.6 is 11.3 Å². The van der Waals surface area contributed by atoms with Crippen LogP contribution in [0.4, 0.5) is 0 Å². The first-order valence-electron chi connectivity index (χ1n) is 10.3. The molecule has 7 heteroatoms. The smallest absolute Gasteiger partial charge is 0.227 e. The standard InChI is InChI=1S/C23H22N4O2S/c28-21(11-10-20-25-22(26-29-20)16-6-2-1-3-7-16)27-14-12-17(13-15-27)23-24-18-8-4-5-9-19(18)30-23/h1-9,17H,10-15H2. The Morgan fingerprint density at radius 1 is 1.03 bits per heavy atom. The molecule has 0 bridgehead atoms. The molecule has 1 saturated heterocycles. The highest BCUT2D eigenvalue weighted by Gasteiger charge is 2.26. The second kappa shape index (κ2) is 8.36. The van der Waals surface area contributed by atoms with E-state index in [1.165, 1.54) is 9.71 Å². The van der Waals surface area contributed by atoms with Gasteiger partial charge >= 0.3 is 0 Å². The lowest BCUT2D eigenvalue weighted by Crippen LogP contribution is -2.38. The molecule has 0 N–H and O–H groups in total. The lowest BCUT2D eigenvalue weighted by Gasteiger charge is -2.31. The number of carbonyl (C=O) groups excluding carboxylic acids is 1. The molecule has 1 amide bonds. The molecule has 0 radical (unpaired) electrons. The third-order valence-corrected chi connectivity index (χ3v) is 6.76. The van der Waals surface area contributed by atoms with Gasteiger partial charge in [0.15, 0.2) is 0 Å². The zero-order valence-electron chi connectivity index (χ0n) is 16.5. The Bertz CT molecular complexity index is 1110. The zero-order chi connectivity index (χ0) is 20.3. The van der Waals surface area contributed by atoms with Gasteiger partial charge in [-0.2, -0.15) is 4.98 Å². The van der Waals surface area contributed by atoms with E-state index in [1.54, 1.807) is 11.3 Å².